The van der Waals surface area contributed by atoms with E-state index in [1.54, 1.807) is 7.11 Å². The highest BCUT2D eigenvalue weighted by molar-refractivity contribution is 7.05. The molecule has 1 aromatic rings. The van der Waals surface area contributed by atoms with Gasteiger partial charge in [-0.05, 0) is 36.5 Å². The number of aryl methyl sites for hydroxylation is 1. The Bertz CT molecular complexity index is 241. The molecule has 0 saturated heterocycles. The quantitative estimate of drug-likeness (QED) is 0.758. The maximum atomic E-state index is 5.57. The molecular weight excluding hydrogens is 196 g/mol. The van der Waals surface area contributed by atoms with E-state index < -0.39 is 0 Å². The third-order valence-electron chi connectivity index (χ3n) is 1.61. The Kier molecular flexibility index (Phi) is 3.91. The molecule has 5 heteroatoms. The first-order chi connectivity index (χ1) is 5.72. The zero-order valence-electron chi connectivity index (χ0n) is 7.08. The molecule has 1 unspecified atom stereocenters. The van der Waals surface area contributed by atoms with Gasteiger partial charge in [-0.3, -0.25) is 0 Å². The first-order valence-corrected chi connectivity index (χ1v) is 4.88. The molecule has 3 nitrogen and oxygen atoms in total. The van der Waals surface area contributed by atoms with Crippen LogP contribution in [0.3, 0.4) is 0 Å². The summed E-state index contributed by atoms with van der Waals surface area (Å²) in [7, 11) is 1.71. The van der Waals surface area contributed by atoms with E-state index in [2.05, 4.69) is 9.36 Å². The summed E-state index contributed by atoms with van der Waals surface area (Å²) in [6.07, 6.45) is 2.12. The maximum Gasteiger partial charge on any atom is 0.234 e. The molecule has 0 N–H and O–H groups in total. The molecule has 1 heterocycles. The molecule has 1 atom stereocenters. The van der Waals surface area contributed by atoms with Gasteiger partial charge in [0.25, 0.3) is 0 Å². The fraction of sp³-hybridized carbons (Fsp3) is 0.714. The minimum absolute atomic E-state index is 0.271. The molecular formula is C7H11ClN2OS. The fourth-order valence-corrected chi connectivity index (χ4v) is 1.59. The predicted octanol–water partition coefficient (Wildman–Crippen LogP) is 2.16. The molecule has 0 aromatic carbocycles. The van der Waals surface area contributed by atoms with Crippen LogP contribution in [0.15, 0.2) is 0 Å². The number of aromatic nitrogens is 2. The number of hydrogen-bond donors (Lipinski definition) is 0. The summed E-state index contributed by atoms with van der Waals surface area (Å²) in [6, 6.07) is 0. The van der Waals surface area contributed by atoms with E-state index in [-0.39, 0.29) is 6.10 Å². The molecule has 0 amide bonds. The van der Waals surface area contributed by atoms with Gasteiger partial charge in [-0.25, -0.2) is 4.98 Å². The first-order valence-electron chi connectivity index (χ1n) is 3.73. The lowest BCUT2D eigenvalue weighted by Gasteiger charge is -2.05. The van der Waals surface area contributed by atoms with Crippen LogP contribution in [0.5, 0.6) is 0 Å². The highest BCUT2D eigenvalue weighted by Crippen LogP contribution is 2.12. The van der Waals surface area contributed by atoms with Crippen molar-refractivity contribution in [2.24, 2.45) is 0 Å². The zero-order valence-corrected chi connectivity index (χ0v) is 8.65. The third-order valence-corrected chi connectivity index (χ3v) is 2.65. The van der Waals surface area contributed by atoms with E-state index in [1.807, 2.05) is 6.92 Å². The molecule has 0 radical (unpaired) electrons. The van der Waals surface area contributed by atoms with Gasteiger partial charge in [-0.15, -0.1) is 0 Å². The average molecular weight is 207 g/mol. The average Bonchev–Trinajstić information content (AvgIpc) is 2.47. The van der Waals surface area contributed by atoms with Gasteiger partial charge < -0.3 is 4.74 Å². The van der Waals surface area contributed by atoms with Crippen LogP contribution in [-0.2, 0) is 11.2 Å². The second kappa shape index (κ2) is 4.74. The van der Waals surface area contributed by atoms with Gasteiger partial charge in [-0.1, -0.05) is 0 Å². The molecule has 0 aliphatic heterocycles. The number of methoxy groups -OCH3 is 1. The van der Waals surface area contributed by atoms with E-state index in [0.717, 1.165) is 17.8 Å². The lowest BCUT2D eigenvalue weighted by molar-refractivity contribution is 0.111. The predicted molar refractivity (Wildman–Crippen MR) is 49.7 cm³/mol. The Labute approximate surface area is 80.9 Å². The molecule has 1 rings (SSSR count). The van der Waals surface area contributed by atoms with Crippen molar-refractivity contribution in [3.05, 3.63) is 10.3 Å². The normalized spacial score (nSPS) is 13.2. The van der Waals surface area contributed by atoms with Crippen molar-refractivity contribution in [1.82, 2.24) is 9.36 Å². The van der Waals surface area contributed by atoms with Crippen molar-refractivity contribution in [3.8, 4) is 0 Å². The van der Waals surface area contributed by atoms with Crippen molar-refractivity contribution in [2.45, 2.75) is 25.9 Å². The number of hydrogen-bond acceptors (Lipinski definition) is 4. The van der Waals surface area contributed by atoms with Crippen LogP contribution >= 0.6 is 23.1 Å². The maximum absolute atomic E-state index is 5.57. The Balaban J connectivity index is 2.33. The number of rotatable bonds is 4. The molecule has 68 valence electrons. The van der Waals surface area contributed by atoms with Crippen LogP contribution in [0.1, 0.15) is 18.4 Å². The van der Waals surface area contributed by atoms with Gasteiger partial charge in [0.05, 0.1) is 6.10 Å². The second-order valence-electron chi connectivity index (χ2n) is 2.54. The summed E-state index contributed by atoms with van der Waals surface area (Å²) in [5.41, 5.74) is 0. The summed E-state index contributed by atoms with van der Waals surface area (Å²) in [5, 5.41) is 1.32. The minimum atomic E-state index is 0.271. The highest BCUT2D eigenvalue weighted by Gasteiger charge is 2.04. The SMILES string of the molecule is COC(C)CCc1nc(Cl)ns1. The Morgan fingerprint density at radius 3 is 2.92 bits per heavy atom. The number of halogens is 1. The van der Waals surface area contributed by atoms with Crippen LogP contribution in [0.25, 0.3) is 0 Å². The standard InChI is InChI=1S/C7H11ClN2OS/c1-5(11-2)3-4-6-9-7(8)10-12-6/h5H,3-4H2,1-2H3. The van der Waals surface area contributed by atoms with Crippen molar-refractivity contribution in [1.29, 1.82) is 0 Å². The zero-order chi connectivity index (χ0) is 8.97. The van der Waals surface area contributed by atoms with E-state index in [1.165, 1.54) is 11.5 Å². The highest BCUT2D eigenvalue weighted by atomic mass is 35.5. The molecule has 1 aromatic heterocycles. The van der Waals surface area contributed by atoms with Crippen LogP contribution in [0.4, 0.5) is 0 Å². The first kappa shape index (κ1) is 9.89. The van der Waals surface area contributed by atoms with Gasteiger partial charge in [0.2, 0.25) is 5.28 Å². The van der Waals surface area contributed by atoms with Gasteiger partial charge >= 0.3 is 0 Å². The largest absolute Gasteiger partial charge is 0.382 e. The molecule has 0 aliphatic carbocycles. The molecule has 12 heavy (non-hydrogen) atoms. The minimum Gasteiger partial charge on any atom is -0.382 e. The van der Waals surface area contributed by atoms with E-state index in [4.69, 9.17) is 16.3 Å². The summed E-state index contributed by atoms with van der Waals surface area (Å²) in [6.45, 7) is 2.03. The Morgan fingerprint density at radius 2 is 2.42 bits per heavy atom. The van der Waals surface area contributed by atoms with Gasteiger partial charge in [0.15, 0.2) is 0 Å². The Hall–Kier alpha value is -0.190. The van der Waals surface area contributed by atoms with Gasteiger partial charge in [0, 0.05) is 13.5 Å². The fourth-order valence-electron chi connectivity index (χ4n) is 0.780. The van der Waals surface area contributed by atoms with Crippen molar-refractivity contribution in [3.63, 3.8) is 0 Å². The van der Waals surface area contributed by atoms with Crippen LogP contribution < -0.4 is 0 Å². The van der Waals surface area contributed by atoms with E-state index in [0.29, 0.717) is 5.28 Å². The molecule has 0 saturated carbocycles. The number of ether oxygens (including phenoxy) is 1. The van der Waals surface area contributed by atoms with E-state index in [9.17, 15) is 0 Å². The van der Waals surface area contributed by atoms with Crippen LogP contribution in [0, 0.1) is 0 Å². The topological polar surface area (TPSA) is 35.0 Å². The van der Waals surface area contributed by atoms with Crippen LogP contribution in [-0.4, -0.2) is 22.6 Å². The molecule has 0 bridgehead atoms. The Morgan fingerprint density at radius 1 is 1.67 bits per heavy atom. The molecule has 0 aliphatic rings. The lowest BCUT2D eigenvalue weighted by atomic mass is 10.2. The van der Waals surface area contributed by atoms with Gasteiger partial charge in [-0.2, -0.15) is 4.37 Å². The van der Waals surface area contributed by atoms with Crippen LogP contribution in [0.2, 0.25) is 5.28 Å². The molecule has 0 fully saturated rings. The monoisotopic (exact) mass is 206 g/mol. The molecule has 0 spiro atoms. The van der Waals surface area contributed by atoms with Crippen molar-refractivity contribution >= 4 is 23.1 Å². The van der Waals surface area contributed by atoms with E-state index >= 15 is 0 Å². The van der Waals surface area contributed by atoms with Crippen molar-refractivity contribution in [2.75, 3.05) is 7.11 Å². The summed E-state index contributed by atoms with van der Waals surface area (Å²) >= 11 is 6.92. The summed E-state index contributed by atoms with van der Waals surface area (Å²) in [4.78, 5) is 4.03. The van der Waals surface area contributed by atoms with Crippen molar-refractivity contribution < 1.29 is 4.74 Å². The summed E-state index contributed by atoms with van der Waals surface area (Å²) in [5.74, 6) is 0. The third kappa shape index (κ3) is 3.05. The summed E-state index contributed by atoms with van der Waals surface area (Å²) < 4.78 is 8.98. The number of nitrogens with zero attached hydrogens (tertiary/aromatic N) is 2. The van der Waals surface area contributed by atoms with Gasteiger partial charge in [0.1, 0.15) is 5.01 Å². The second-order valence-corrected chi connectivity index (χ2v) is 3.72. The lowest BCUT2D eigenvalue weighted by Crippen LogP contribution is -2.05. The smallest absolute Gasteiger partial charge is 0.234 e.